The third-order valence-corrected chi connectivity index (χ3v) is 3.15. The fourth-order valence-electron chi connectivity index (χ4n) is 0.862. The van der Waals surface area contributed by atoms with Crippen molar-refractivity contribution in [2.24, 2.45) is 5.73 Å². The molecule has 0 radical (unpaired) electrons. The van der Waals surface area contributed by atoms with Gasteiger partial charge in [-0.3, -0.25) is 4.98 Å². The summed E-state index contributed by atoms with van der Waals surface area (Å²) in [6.45, 7) is -1.94. The zero-order chi connectivity index (χ0) is 12.2. The minimum atomic E-state index is -3.95. The highest BCUT2D eigenvalue weighted by Crippen LogP contribution is 2.11. The number of halogens is 3. The van der Waals surface area contributed by atoms with Crippen LogP contribution in [-0.2, 0) is 10.0 Å². The SMILES string of the molecule is Cl.NCC(F)(F)CNS(=O)(=O)c1cccnc1. The van der Waals surface area contributed by atoms with Gasteiger partial charge in [0.15, 0.2) is 0 Å². The zero-order valence-corrected chi connectivity index (χ0v) is 10.3. The van der Waals surface area contributed by atoms with Crippen LogP contribution in [0.2, 0.25) is 0 Å². The molecule has 0 aliphatic rings. The minimum Gasteiger partial charge on any atom is -0.325 e. The van der Waals surface area contributed by atoms with Gasteiger partial charge in [-0.25, -0.2) is 21.9 Å². The number of aromatic nitrogens is 1. The summed E-state index contributed by atoms with van der Waals surface area (Å²) in [5.74, 6) is -3.25. The van der Waals surface area contributed by atoms with Gasteiger partial charge in [0, 0.05) is 12.4 Å². The molecule has 0 atom stereocenters. The molecule has 9 heteroatoms. The molecule has 0 spiro atoms. The molecular formula is C8H12ClF2N3O2S. The first kappa shape index (κ1) is 16.2. The molecule has 0 bridgehead atoms. The van der Waals surface area contributed by atoms with Crippen LogP contribution in [0.25, 0.3) is 0 Å². The maximum absolute atomic E-state index is 12.7. The number of hydrogen-bond donors (Lipinski definition) is 2. The Bertz CT molecular complexity index is 441. The van der Waals surface area contributed by atoms with Crippen molar-refractivity contribution in [1.29, 1.82) is 0 Å². The second-order valence-corrected chi connectivity index (χ2v) is 4.84. The van der Waals surface area contributed by atoms with Crippen LogP contribution in [0.3, 0.4) is 0 Å². The van der Waals surface area contributed by atoms with Crippen molar-refractivity contribution in [2.45, 2.75) is 10.8 Å². The molecule has 3 N–H and O–H groups in total. The van der Waals surface area contributed by atoms with Crippen LogP contribution in [0.5, 0.6) is 0 Å². The highest BCUT2D eigenvalue weighted by Gasteiger charge is 2.29. The summed E-state index contributed by atoms with van der Waals surface area (Å²) in [6, 6.07) is 2.66. The summed E-state index contributed by atoms with van der Waals surface area (Å²) >= 11 is 0. The lowest BCUT2D eigenvalue weighted by molar-refractivity contribution is 0.0170. The maximum atomic E-state index is 12.7. The smallest absolute Gasteiger partial charge is 0.273 e. The normalized spacial score (nSPS) is 11.9. The van der Waals surface area contributed by atoms with E-state index in [0.717, 1.165) is 6.20 Å². The van der Waals surface area contributed by atoms with E-state index in [1.54, 1.807) is 4.72 Å². The van der Waals surface area contributed by atoms with Crippen LogP contribution in [-0.4, -0.2) is 32.4 Å². The Hall–Kier alpha value is -0.830. The van der Waals surface area contributed by atoms with Crippen molar-refractivity contribution in [3.05, 3.63) is 24.5 Å². The van der Waals surface area contributed by atoms with E-state index in [9.17, 15) is 17.2 Å². The van der Waals surface area contributed by atoms with Crippen LogP contribution in [0, 0.1) is 0 Å². The van der Waals surface area contributed by atoms with Gasteiger partial charge in [-0.1, -0.05) is 0 Å². The van der Waals surface area contributed by atoms with Crippen molar-refractivity contribution < 1.29 is 17.2 Å². The van der Waals surface area contributed by atoms with E-state index in [0.29, 0.717) is 0 Å². The van der Waals surface area contributed by atoms with Crippen LogP contribution in [0.1, 0.15) is 0 Å². The average molecular weight is 288 g/mol. The van der Waals surface area contributed by atoms with Crippen molar-refractivity contribution in [3.8, 4) is 0 Å². The van der Waals surface area contributed by atoms with Gasteiger partial charge in [-0.2, -0.15) is 0 Å². The molecule has 1 rings (SSSR count). The van der Waals surface area contributed by atoms with E-state index in [-0.39, 0.29) is 17.3 Å². The maximum Gasteiger partial charge on any atom is 0.273 e. The molecule has 0 amide bonds. The molecule has 0 aromatic carbocycles. The van der Waals surface area contributed by atoms with E-state index in [2.05, 4.69) is 4.98 Å². The molecule has 0 fully saturated rings. The molecule has 0 saturated heterocycles. The molecule has 0 aliphatic carbocycles. The molecule has 0 unspecified atom stereocenters. The van der Waals surface area contributed by atoms with Crippen LogP contribution in [0.15, 0.2) is 29.4 Å². The molecule has 0 aliphatic heterocycles. The summed E-state index contributed by atoms with van der Waals surface area (Å²) in [6.07, 6.45) is 2.45. The molecular weight excluding hydrogens is 276 g/mol. The predicted octanol–water partition coefficient (Wildman–Crippen LogP) is 0.376. The second-order valence-electron chi connectivity index (χ2n) is 3.07. The average Bonchev–Trinajstić information content (AvgIpc) is 2.28. The summed E-state index contributed by atoms with van der Waals surface area (Å²) in [5, 5.41) is 0. The Labute approximate surface area is 104 Å². The Balaban J connectivity index is 0.00000256. The number of alkyl halides is 2. The van der Waals surface area contributed by atoms with Crippen molar-refractivity contribution >= 4 is 22.4 Å². The molecule has 1 aromatic rings. The number of pyridine rings is 1. The van der Waals surface area contributed by atoms with E-state index in [4.69, 9.17) is 5.73 Å². The van der Waals surface area contributed by atoms with E-state index >= 15 is 0 Å². The molecule has 98 valence electrons. The largest absolute Gasteiger partial charge is 0.325 e. The molecule has 5 nitrogen and oxygen atoms in total. The minimum absolute atomic E-state index is 0. The van der Waals surface area contributed by atoms with Crippen LogP contribution >= 0.6 is 12.4 Å². The first-order chi connectivity index (χ1) is 7.37. The molecule has 0 saturated carbocycles. The van der Waals surface area contributed by atoms with Crippen molar-refractivity contribution in [1.82, 2.24) is 9.71 Å². The number of hydrogen-bond acceptors (Lipinski definition) is 4. The fourth-order valence-corrected chi connectivity index (χ4v) is 1.89. The Morgan fingerprint density at radius 3 is 2.59 bits per heavy atom. The van der Waals surface area contributed by atoms with Gasteiger partial charge in [0.2, 0.25) is 10.0 Å². The quantitative estimate of drug-likeness (QED) is 0.820. The molecule has 17 heavy (non-hydrogen) atoms. The summed E-state index contributed by atoms with van der Waals surface area (Å²) in [5.41, 5.74) is 4.78. The van der Waals surface area contributed by atoms with Gasteiger partial charge in [0.1, 0.15) is 4.90 Å². The Morgan fingerprint density at radius 2 is 2.12 bits per heavy atom. The van der Waals surface area contributed by atoms with E-state index in [1.807, 2.05) is 0 Å². The topological polar surface area (TPSA) is 85.1 Å². The van der Waals surface area contributed by atoms with Gasteiger partial charge in [0.05, 0.1) is 13.1 Å². The van der Waals surface area contributed by atoms with E-state index < -0.39 is 29.0 Å². The lowest BCUT2D eigenvalue weighted by Gasteiger charge is -2.14. The lowest BCUT2D eigenvalue weighted by atomic mass is 10.3. The van der Waals surface area contributed by atoms with Gasteiger partial charge in [-0.15, -0.1) is 12.4 Å². The Morgan fingerprint density at radius 1 is 1.47 bits per heavy atom. The zero-order valence-electron chi connectivity index (χ0n) is 8.64. The highest BCUT2D eigenvalue weighted by atomic mass is 35.5. The van der Waals surface area contributed by atoms with Crippen LogP contribution in [0.4, 0.5) is 8.78 Å². The first-order valence-corrected chi connectivity index (χ1v) is 5.83. The first-order valence-electron chi connectivity index (χ1n) is 4.35. The number of rotatable bonds is 5. The van der Waals surface area contributed by atoms with Gasteiger partial charge >= 0.3 is 0 Å². The van der Waals surface area contributed by atoms with Crippen molar-refractivity contribution in [3.63, 3.8) is 0 Å². The van der Waals surface area contributed by atoms with Gasteiger partial charge in [-0.05, 0) is 12.1 Å². The van der Waals surface area contributed by atoms with Gasteiger partial charge < -0.3 is 5.73 Å². The summed E-state index contributed by atoms with van der Waals surface area (Å²) in [7, 11) is -3.95. The summed E-state index contributed by atoms with van der Waals surface area (Å²) in [4.78, 5) is 3.42. The highest BCUT2D eigenvalue weighted by molar-refractivity contribution is 7.89. The number of nitrogens with zero attached hydrogens (tertiary/aromatic N) is 1. The number of nitrogens with two attached hydrogens (primary N) is 1. The number of nitrogens with one attached hydrogen (secondary N) is 1. The third-order valence-electron chi connectivity index (χ3n) is 1.76. The monoisotopic (exact) mass is 287 g/mol. The van der Waals surface area contributed by atoms with Crippen LogP contribution < -0.4 is 10.5 Å². The van der Waals surface area contributed by atoms with Gasteiger partial charge in [0.25, 0.3) is 5.92 Å². The number of sulfonamides is 1. The predicted molar refractivity (Wildman–Crippen MR) is 60.7 cm³/mol. The standard InChI is InChI=1S/C8H11F2N3O2S.ClH/c9-8(10,5-11)6-13-16(14,15)7-2-1-3-12-4-7;/h1-4,13H,5-6,11H2;1H. The molecule has 1 aromatic heterocycles. The lowest BCUT2D eigenvalue weighted by Crippen LogP contribution is -2.41. The van der Waals surface area contributed by atoms with E-state index in [1.165, 1.54) is 18.3 Å². The second kappa shape index (κ2) is 6.20. The van der Waals surface area contributed by atoms with Crippen molar-refractivity contribution in [2.75, 3.05) is 13.1 Å². The fraction of sp³-hybridized carbons (Fsp3) is 0.375. The molecule has 1 heterocycles. The summed E-state index contributed by atoms with van der Waals surface area (Å²) < 4.78 is 50.2. The Kier molecular flexibility index (Phi) is 5.89. The third kappa shape index (κ3) is 4.90.